The average molecular weight is 280 g/mol. The number of hydrogen-bond acceptors (Lipinski definition) is 3. The number of halogens is 2. The Morgan fingerprint density at radius 2 is 2.05 bits per heavy atom. The minimum atomic E-state index is -2.69. The molecule has 110 valence electrons. The van der Waals surface area contributed by atoms with Gasteiger partial charge in [0.25, 0.3) is 6.43 Å². The molecule has 0 aromatic carbocycles. The predicted molar refractivity (Wildman–Crippen MR) is 61.9 cm³/mol. The fourth-order valence-corrected chi connectivity index (χ4v) is 2.20. The summed E-state index contributed by atoms with van der Waals surface area (Å²) in [6.07, 6.45) is -2.69. The summed E-state index contributed by atoms with van der Waals surface area (Å²) in [6, 6.07) is -0.648. The van der Waals surface area contributed by atoms with Crippen molar-refractivity contribution in [3.8, 4) is 0 Å². The van der Waals surface area contributed by atoms with Crippen molar-refractivity contribution >= 4 is 12.0 Å². The molecule has 2 unspecified atom stereocenters. The van der Waals surface area contributed by atoms with Gasteiger partial charge in [0, 0.05) is 19.6 Å². The number of carboxylic acids is 1. The van der Waals surface area contributed by atoms with Crippen molar-refractivity contribution in [2.24, 2.45) is 11.8 Å². The first-order valence-electron chi connectivity index (χ1n) is 6.02. The second-order valence-electron chi connectivity index (χ2n) is 4.67. The molecule has 19 heavy (non-hydrogen) atoms. The fraction of sp³-hybridized carbons (Fsp3) is 0.818. The van der Waals surface area contributed by atoms with E-state index in [0.29, 0.717) is 0 Å². The number of likely N-dealkylation sites (tertiary alicyclic amines) is 1. The SMILES string of the molecule is CC1CN(C(=O)N(CCO)CC(F)F)CC1C(=O)O. The Morgan fingerprint density at radius 1 is 1.42 bits per heavy atom. The Morgan fingerprint density at radius 3 is 2.47 bits per heavy atom. The van der Waals surface area contributed by atoms with Crippen molar-refractivity contribution in [2.75, 3.05) is 32.8 Å². The Labute approximate surface area is 109 Å². The summed E-state index contributed by atoms with van der Waals surface area (Å²) in [5, 5.41) is 17.7. The number of carbonyl (C=O) groups is 2. The maximum Gasteiger partial charge on any atom is 0.320 e. The number of hydrogen-bond donors (Lipinski definition) is 2. The third-order valence-electron chi connectivity index (χ3n) is 3.20. The maximum absolute atomic E-state index is 12.3. The highest BCUT2D eigenvalue weighted by molar-refractivity contribution is 5.77. The average Bonchev–Trinajstić information content (AvgIpc) is 2.69. The molecular weight excluding hydrogens is 262 g/mol. The Hall–Kier alpha value is -1.44. The van der Waals surface area contributed by atoms with Gasteiger partial charge < -0.3 is 20.0 Å². The van der Waals surface area contributed by atoms with E-state index < -0.39 is 37.5 Å². The highest BCUT2D eigenvalue weighted by Gasteiger charge is 2.38. The van der Waals surface area contributed by atoms with Crippen molar-refractivity contribution in [2.45, 2.75) is 13.3 Å². The van der Waals surface area contributed by atoms with Gasteiger partial charge in [0.05, 0.1) is 19.1 Å². The van der Waals surface area contributed by atoms with E-state index in [9.17, 15) is 18.4 Å². The number of carbonyl (C=O) groups excluding carboxylic acids is 1. The van der Waals surface area contributed by atoms with Crippen molar-refractivity contribution in [3.05, 3.63) is 0 Å². The third-order valence-corrected chi connectivity index (χ3v) is 3.20. The lowest BCUT2D eigenvalue weighted by atomic mass is 9.99. The van der Waals surface area contributed by atoms with Crippen LogP contribution >= 0.6 is 0 Å². The third kappa shape index (κ3) is 4.02. The normalized spacial score (nSPS) is 22.9. The zero-order chi connectivity index (χ0) is 14.6. The molecule has 1 heterocycles. The monoisotopic (exact) mass is 280 g/mol. The lowest BCUT2D eigenvalue weighted by Gasteiger charge is -2.27. The summed E-state index contributed by atoms with van der Waals surface area (Å²) in [6.45, 7) is 0.578. The van der Waals surface area contributed by atoms with Gasteiger partial charge >= 0.3 is 12.0 Å². The molecule has 0 aromatic heterocycles. The quantitative estimate of drug-likeness (QED) is 0.760. The lowest BCUT2D eigenvalue weighted by molar-refractivity contribution is -0.142. The van der Waals surface area contributed by atoms with Gasteiger partial charge in [-0.1, -0.05) is 6.92 Å². The van der Waals surface area contributed by atoms with Crippen molar-refractivity contribution in [1.29, 1.82) is 0 Å². The van der Waals surface area contributed by atoms with E-state index in [4.69, 9.17) is 10.2 Å². The summed E-state index contributed by atoms with van der Waals surface area (Å²) in [7, 11) is 0. The van der Waals surface area contributed by atoms with Crippen molar-refractivity contribution in [3.63, 3.8) is 0 Å². The van der Waals surface area contributed by atoms with E-state index >= 15 is 0 Å². The molecule has 1 fully saturated rings. The first kappa shape index (κ1) is 15.6. The molecule has 2 amide bonds. The molecule has 8 heteroatoms. The standard InChI is InChI=1S/C11H18F2N2O4/c1-7-4-15(5-8(7)10(17)18)11(19)14(2-3-16)6-9(12)13/h7-9,16H,2-6H2,1H3,(H,17,18). The van der Waals surface area contributed by atoms with Gasteiger partial charge in [-0.25, -0.2) is 13.6 Å². The lowest BCUT2D eigenvalue weighted by Crippen LogP contribution is -2.45. The molecule has 6 nitrogen and oxygen atoms in total. The molecule has 2 atom stereocenters. The van der Waals surface area contributed by atoms with Crippen molar-refractivity contribution < 1.29 is 28.6 Å². The smallest absolute Gasteiger partial charge is 0.320 e. The molecule has 0 aliphatic carbocycles. The van der Waals surface area contributed by atoms with E-state index in [-0.39, 0.29) is 25.6 Å². The Balaban J connectivity index is 2.67. The minimum absolute atomic E-state index is 0.0144. The van der Waals surface area contributed by atoms with Crippen LogP contribution in [0.4, 0.5) is 13.6 Å². The van der Waals surface area contributed by atoms with Crippen LogP contribution in [0.3, 0.4) is 0 Å². The van der Waals surface area contributed by atoms with Crippen LogP contribution in [0.2, 0.25) is 0 Å². The molecule has 0 aromatic rings. The summed E-state index contributed by atoms with van der Waals surface area (Å²) in [5.41, 5.74) is 0. The van der Waals surface area contributed by atoms with Crippen LogP contribution in [0.5, 0.6) is 0 Å². The molecule has 2 N–H and O–H groups in total. The van der Waals surface area contributed by atoms with Crippen LogP contribution in [0.1, 0.15) is 6.92 Å². The summed E-state index contributed by atoms with van der Waals surface area (Å²) in [5.74, 6) is -1.89. The molecule has 0 bridgehead atoms. The number of amides is 2. The maximum atomic E-state index is 12.3. The predicted octanol–water partition coefficient (Wildman–Crippen LogP) is 0.318. The minimum Gasteiger partial charge on any atom is -0.481 e. The molecule has 0 spiro atoms. The molecular formula is C11H18F2N2O4. The molecule has 1 aliphatic heterocycles. The van der Waals surface area contributed by atoms with E-state index in [0.717, 1.165) is 4.90 Å². The van der Waals surface area contributed by atoms with Gasteiger partial charge in [-0.05, 0) is 5.92 Å². The number of aliphatic hydroxyl groups excluding tert-OH is 1. The first-order chi connectivity index (χ1) is 8.86. The second-order valence-corrected chi connectivity index (χ2v) is 4.67. The summed E-state index contributed by atoms with van der Waals surface area (Å²) in [4.78, 5) is 25.0. The van der Waals surface area contributed by atoms with E-state index in [2.05, 4.69) is 0 Å². The van der Waals surface area contributed by atoms with Crippen LogP contribution in [-0.4, -0.2) is 71.2 Å². The second kappa shape index (κ2) is 6.65. The fourth-order valence-electron chi connectivity index (χ4n) is 2.20. The number of urea groups is 1. The topological polar surface area (TPSA) is 81.1 Å². The van der Waals surface area contributed by atoms with Crippen LogP contribution in [0.25, 0.3) is 0 Å². The van der Waals surface area contributed by atoms with Gasteiger partial charge in [0.2, 0.25) is 0 Å². The largest absolute Gasteiger partial charge is 0.481 e. The summed E-state index contributed by atoms with van der Waals surface area (Å²) >= 11 is 0. The molecule has 0 radical (unpaired) electrons. The number of carboxylic acid groups (broad SMARTS) is 1. The Kier molecular flexibility index (Phi) is 5.46. The number of rotatable bonds is 5. The number of aliphatic carboxylic acids is 1. The number of aliphatic hydroxyl groups is 1. The van der Waals surface area contributed by atoms with Crippen LogP contribution < -0.4 is 0 Å². The van der Waals surface area contributed by atoms with Crippen LogP contribution in [0.15, 0.2) is 0 Å². The zero-order valence-corrected chi connectivity index (χ0v) is 10.6. The molecule has 1 saturated heterocycles. The molecule has 0 saturated carbocycles. The summed E-state index contributed by atoms with van der Waals surface area (Å²) < 4.78 is 24.7. The van der Waals surface area contributed by atoms with E-state index in [1.165, 1.54) is 4.90 Å². The van der Waals surface area contributed by atoms with Gasteiger partial charge in [-0.2, -0.15) is 0 Å². The Bertz CT molecular complexity index is 341. The number of alkyl halides is 2. The van der Waals surface area contributed by atoms with E-state index in [1.807, 2.05) is 0 Å². The van der Waals surface area contributed by atoms with E-state index in [1.54, 1.807) is 6.92 Å². The highest BCUT2D eigenvalue weighted by atomic mass is 19.3. The zero-order valence-electron chi connectivity index (χ0n) is 10.6. The number of nitrogens with zero attached hydrogens (tertiary/aromatic N) is 2. The molecule has 1 aliphatic rings. The van der Waals surface area contributed by atoms with Gasteiger partial charge in [0.1, 0.15) is 0 Å². The van der Waals surface area contributed by atoms with Crippen LogP contribution in [-0.2, 0) is 4.79 Å². The van der Waals surface area contributed by atoms with Gasteiger partial charge in [0.15, 0.2) is 0 Å². The van der Waals surface area contributed by atoms with Crippen LogP contribution in [0, 0.1) is 11.8 Å². The van der Waals surface area contributed by atoms with Crippen molar-refractivity contribution in [1.82, 2.24) is 9.80 Å². The first-order valence-corrected chi connectivity index (χ1v) is 6.02. The highest BCUT2D eigenvalue weighted by Crippen LogP contribution is 2.24. The van der Waals surface area contributed by atoms with Gasteiger partial charge in [-0.3, -0.25) is 4.79 Å². The van der Waals surface area contributed by atoms with Gasteiger partial charge in [-0.15, -0.1) is 0 Å². The molecule has 1 rings (SSSR count).